The Hall–Kier alpha value is -3.21. The second-order valence-corrected chi connectivity index (χ2v) is 6.27. The Morgan fingerprint density at radius 1 is 0.852 bits per heavy atom. The zero-order chi connectivity index (χ0) is 18.5. The van der Waals surface area contributed by atoms with Gasteiger partial charge in [0.15, 0.2) is 11.5 Å². The molecule has 0 saturated heterocycles. The van der Waals surface area contributed by atoms with Gasteiger partial charge in [0.1, 0.15) is 31.4 Å². The van der Waals surface area contributed by atoms with E-state index < -0.39 is 0 Å². The van der Waals surface area contributed by atoms with Crippen molar-refractivity contribution >= 4 is 5.69 Å². The van der Waals surface area contributed by atoms with E-state index in [4.69, 9.17) is 14.2 Å². The minimum absolute atomic E-state index is 0.244. The number of halogens is 1. The average molecular weight is 365 g/mol. The molecule has 0 unspecified atom stereocenters. The smallest absolute Gasteiger partial charge is 0.163 e. The third kappa shape index (κ3) is 4.50. The number of hydrogen-bond acceptors (Lipinski definition) is 4. The van der Waals surface area contributed by atoms with Crippen molar-refractivity contribution in [2.24, 2.45) is 0 Å². The van der Waals surface area contributed by atoms with E-state index >= 15 is 0 Å². The van der Waals surface area contributed by atoms with Crippen LogP contribution in [0.15, 0.2) is 66.7 Å². The molecule has 4 rings (SSSR count). The fourth-order valence-electron chi connectivity index (χ4n) is 2.85. The summed E-state index contributed by atoms with van der Waals surface area (Å²) >= 11 is 0. The topological polar surface area (TPSA) is 39.7 Å². The van der Waals surface area contributed by atoms with E-state index in [2.05, 4.69) is 5.32 Å². The highest BCUT2D eigenvalue weighted by molar-refractivity contribution is 5.55. The third-order valence-corrected chi connectivity index (χ3v) is 4.26. The average Bonchev–Trinajstić information content (AvgIpc) is 2.72. The summed E-state index contributed by atoms with van der Waals surface area (Å²) in [6.45, 7) is 2.22. The Labute approximate surface area is 157 Å². The molecule has 0 aliphatic carbocycles. The van der Waals surface area contributed by atoms with Crippen LogP contribution in [0.4, 0.5) is 10.1 Å². The molecule has 27 heavy (non-hydrogen) atoms. The predicted octanol–water partition coefficient (Wildman–Crippen LogP) is 4.79. The SMILES string of the molecule is Fc1ccc(COc2cccc(CNc3ccc4c(c3)OCCO4)c2)cc1. The monoisotopic (exact) mass is 365 g/mol. The molecule has 0 atom stereocenters. The zero-order valence-corrected chi connectivity index (χ0v) is 14.8. The van der Waals surface area contributed by atoms with Gasteiger partial charge in [-0.05, 0) is 47.5 Å². The molecule has 0 saturated carbocycles. The Balaban J connectivity index is 1.35. The molecule has 1 aliphatic heterocycles. The largest absolute Gasteiger partial charge is 0.489 e. The number of benzene rings is 3. The number of rotatable bonds is 6. The van der Waals surface area contributed by atoms with Gasteiger partial charge in [-0.2, -0.15) is 0 Å². The van der Waals surface area contributed by atoms with Gasteiger partial charge in [-0.1, -0.05) is 24.3 Å². The molecule has 138 valence electrons. The van der Waals surface area contributed by atoms with Gasteiger partial charge in [0.2, 0.25) is 0 Å². The lowest BCUT2D eigenvalue weighted by molar-refractivity contribution is 0.171. The first kappa shape index (κ1) is 17.2. The lowest BCUT2D eigenvalue weighted by Gasteiger charge is -2.19. The quantitative estimate of drug-likeness (QED) is 0.682. The highest BCUT2D eigenvalue weighted by Gasteiger charge is 2.11. The molecular formula is C22H20FNO3. The van der Waals surface area contributed by atoms with Crippen molar-refractivity contribution in [2.75, 3.05) is 18.5 Å². The summed E-state index contributed by atoms with van der Waals surface area (Å²) in [5, 5.41) is 3.39. The van der Waals surface area contributed by atoms with E-state index in [1.165, 1.54) is 12.1 Å². The van der Waals surface area contributed by atoms with Gasteiger partial charge in [-0.15, -0.1) is 0 Å². The molecule has 1 heterocycles. The number of fused-ring (bicyclic) bond motifs is 1. The number of ether oxygens (including phenoxy) is 3. The van der Waals surface area contributed by atoms with Crippen molar-refractivity contribution in [1.82, 2.24) is 0 Å². The van der Waals surface area contributed by atoms with Crippen LogP contribution in [0.25, 0.3) is 0 Å². The first-order chi connectivity index (χ1) is 13.3. The van der Waals surface area contributed by atoms with Gasteiger partial charge in [0.25, 0.3) is 0 Å². The van der Waals surface area contributed by atoms with Gasteiger partial charge >= 0.3 is 0 Å². The predicted molar refractivity (Wildman–Crippen MR) is 102 cm³/mol. The van der Waals surface area contributed by atoms with Crippen molar-refractivity contribution in [3.05, 3.63) is 83.7 Å². The van der Waals surface area contributed by atoms with E-state index in [0.717, 1.165) is 34.1 Å². The van der Waals surface area contributed by atoms with Crippen molar-refractivity contribution in [3.63, 3.8) is 0 Å². The highest BCUT2D eigenvalue weighted by Crippen LogP contribution is 2.32. The molecule has 5 heteroatoms. The summed E-state index contributed by atoms with van der Waals surface area (Å²) in [7, 11) is 0. The fraction of sp³-hybridized carbons (Fsp3) is 0.182. The Kier molecular flexibility index (Phi) is 5.10. The van der Waals surface area contributed by atoms with Crippen molar-refractivity contribution in [1.29, 1.82) is 0 Å². The van der Waals surface area contributed by atoms with Crippen LogP contribution >= 0.6 is 0 Å². The molecule has 3 aromatic rings. The van der Waals surface area contributed by atoms with Crippen LogP contribution in [0.5, 0.6) is 17.2 Å². The van der Waals surface area contributed by atoms with E-state index in [-0.39, 0.29) is 5.82 Å². The van der Waals surface area contributed by atoms with Crippen LogP contribution in [0.2, 0.25) is 0 Å². The molecular weight excluding hydrogens is 345 g/mol. The minimum atomic E-state index is -0.244. The lowest BCUT2D eigenvalue weighted by atomic mass is 10.2. The standard InChI is InChI=1S/C22H20FNO3/c23-18-6-4-16(5-7-18)15-27-20-3-1-2-17(12-20)14-24-19-8-9-21-22(13-19)26-11-10-25-21/h1-9,12-13,24H,10-11,14-15H2. The van der Waals surface area contributed by atoms with E-state index in [1.807, 2.05) is 42.5 Å². The van der Waals surface area contributed by atoms with Gasteiger partial charge in [-0.3, -0.25) is 0 Å². The number of anilines is 1. The van der Waals surface area contributed by atoms with Gasteiger partial charge in [-0.25, -0.2) is 4.39 Å². The van der Waals surface area contributed by atoms with Crippen molar-refractivity contribution in [2.45, 2.75) is 13.2 Å². The summed E-state index contributed by atoms with van der Waals surface area (Å²) < 4.78 is 29.9. The Bertz CT molecular complexity index is 912. The molecule has 0 spiro atoms. The maximum absolute atomic E-state index is 13.0. The minimum Gasteiger partial charge on any atom is -0.489 e. The summed E-state index contributed by atoms with van der Waals surface area (Å²) in [6.07, 6.45) is 0. The van der Waals surface area contributed by atoms with Crippen LogP contribution in [0.1, 0.15) is 11.1 Å². The van der Waals surface area contributed by atoms with Crippen LogP contribution in [0.3, 0.4) is 0 Å². The summed E-state index contributed by atoms with van der Waals surface area (Å²) in [5.74, 6) is 2.08. The molecule has 0 aromatic heterocycles. The van der Waals surface area contributed by atoms with E-state index in [0.29, 0.717) is 26.4 Å². The molecule has 0 amide bonds. The molecule has 0 radical (unpaired) electrons. The van der Waals surface area contributed by atoms with E-state index in [9.17, 15) is 4.39 Å². The molecule has 1 aliphatic rings. The van der Waals surface area contributed by atoms with Crippen LogP contribution in [-0.4, -0.2) is 13.2 Å². The molecule has 4 nitrogen and oxygen atoms in total. The second-order valence-electron chi connectivity index (χ2n) is 6.27. The fourth-order valence-corrected chi connectivity index (χ4v) is 2.85. The molecule has 0 fully saturated rings. The molecule has 0 bridgehead atoms. The lowest BCUT2D eigenvalue weighted by Crippen LogP contribution is -2.15. The zero-order valence-electron chi connectivity index (χ0n) is 14.8. The van der Waals surface area contributed by atoms with Gasteiger partial charge in [0.05, 0.1) is 0 Å². The van der Waals surface area contributed by atoms with Crippen molar-refractivity contribution < 1.29 is 18.6 Å². The maximum Gasteiger partial charge on any atom is 0.163 e. The molecule has 3 aromatic carbocycles. The third-order valence-electron chi connectivity index (χ3n) is 4.26. The normalized spacial score (nSPS) is 12.5. The van der Waals surface area contributed by atoms with Crippen LogP contribution < -0.4 is 19.5 Å². The van der Waals surface area contributed by atoms with E-state index in [1.54, 1.807) is 12.1 Å². The maximum atomic E-state index is 13.0. The summed E-state index contributed by atoms with van der Waals surface area (Å²) in [4.78, 5) is 0. The Morgan fingerprint density at radius 3 is 2.52 bits per heavy atom. The Morgan fingerprint density at radius 2 is 1.67 bits per heavy atom. The number of hydrogen-bond donors (Lipinski definition) is 1. The first-order valence-electron chi connectivity index (χ1n) is 8.86. The van der Waals surface area contributed by atoms with Crippen molar-refractivity contribution in [3.8, 4) is 17.2 Å². The van der Waals surface area contributed by atoms with Gasteiger partial charge < -0.3 is 19.5 Å². The highest BCUT2D eigenvalue weighted by atomic mass is 19.1. The van der Waals surface area contributed by atoms with Gasteiger partial charge in [0, 0.05) is 18.3 Å². The summed E-state index contributed by atoms with van der Waals surface area (Å²) in [6, 6.07) is 20.1. The second kappa shape index (κ2) is 7.99. The first-order valence-corrected chi connectivity index (χ1v) is 8.86. The summed E-state index contributed by atoms with van der Waals surface area (Å²) in [5.41, 5.74) is 2.99. The molecule has 1 N–H and O–H groups in total. The number of nitrogens with one attached hydrogen (secondary N) is 1. The van der Waals surface area contributed by atoms with Crippen LogP contribution in [0, 0.1) is 5.82 Å². The van der Waals surface area contributed by atoms with Crippen LogP contribution in [-0.2, 0) is 13.2 Å².